The van der Waals surface area contributed by atoms with Crippen LogP contribution in [-0.2, 0) is 16.1 Å². The average molecular weight is 551 g/mol. The second kappa shape index (κ2) is 12.4. The number of carbonyl (C=O) groups is 1. The second-order valence-electron chi connectivity index (χ2n) is 8.07. The number of nitro benzene ring substituents is 1. The summed E-state index contributed by atoms with van der Waals surface area (Å²) < 4.78 is 7.19. The first-order valence-corrected chi connectivity index (χ1v) is 13.1. The summed E-state index contributed by atoms with van der Waals surface area (Å²) in [6.07, 6.45) is 7.70. The van der Waals surface area contributed by atoms with Crippen molar-refractivity contribution in [2.24, 2.45) is 0 Å². The van der Waals surface area contributed by atoms with Crippen LogP contribution in [0.2, 0.25) is 0 Å². The summed E-state index contributed by atoms with van der Waals surface area (Å²) in [5.41, 5.74) is -0.403. The lowest BCUT2D eigenvalue weighted by Gasteiger charge is -2.10. The van der Waals surface area contributed by atoms with Gasteiger partial charge in [-0.1, -0.05) is 12.1 Å². The monoisotopic (exact) mass is 550 g/mol. The maximum atomic E-state index is 13.2. The van der Waals surface area contributed by atoms with Crippen LogP contribution in [0.25, 0.3) is 11.6 Å². The van der Waals surface area contributed by atoms with Crippen LogP contribution >= 0.6 is 23.1 Å². The molecule has 1 aliphatic rings. The molecule has 1 atom stereocenters. The molecule has 11 nitrogen and oxygen atoms in total. The predicted octanol–water partition coefficient (Wildman–Crippen LogP) is 1.74. The van der Waals surface area contributed by atoms with Gasteiger partial charge in [0.25, 0.3) is 17.2 Å². The van der Waals surface area contributed by atoms with E-state index in [-0.39, 0.29) is 39.6 Å². The summed E-state index contributed by atoms with van der Waals surface area (Å²) >= 11 is 2.01. The normalized spacial score (nSPS) is 16.1. The molecule has 3 aromatic rings. The number of nitrogens with one attached hydrogen (secondary N) is 1. The van der Waals surface area contributed by atoms with E-state index in [1.54, 1.807) is 30.6 Å². The molecule has 1 aromatic carbocycles. The van der Waals surface area contributed by atoms with Crippen molar-refractivity contribution in [3.05, 3.63) is 84.5 Å². The lowest BCUT2D eigenvalue weighted by Crippen LogP contribution is -2.36. The fourth-order valence-electron chi connectivity index (χ4n) is 3.74. The standard InChI is InChI=1S/C25H22N6O5S2/c1-2-10-30-23(33)21(37-24(30)18(14-26)22(32)29-15-17-5-3-11-36-17)13-16-6-7-20(19(12-16)31(34)35)38-25-27-8-4-9-28-25/h2,4,6-9,12-13,17H,1,3,5,10-11,15H2,(H,29,32). The first kappa shape index (κ1) is 26.9. The summed E-state index contributed by atoms with van der Waals surface area (Å²) in [6, 6.07) is 8.11. The Morgan fingerprint density at radius 1 is 1.42 bits per heavy atom. The average Bonchev–Trinajstić information content (AvgIpc) is 3.54. The zero-order valence-electron chi connectivity index (χ0n) is 20.0. The highest BCUT2D eigenvalue weighted by Gasteiger charge is 2.20. The molecular weight excluding hydrogens is 528 g/mol. The topological polar surface area (TPSA) is 153 Å². The number of hydrogen-bond donors (Lipinski definition) is 1. The maximum Gasteiger partial charge on any atom is 0.283 e. The van der Waals surface area contributed by atoms with E-state index in [1.807, 2.05) is 6.07 Å². The molecule has 0 saturated carbocycles. The molecule has 1 unspecified atom stereocenters. The quantitative estimate of drug-likeness (QED) is 0.182. The van der Waals surface area contributed by atoms with Gasteiger partial charge < -0.3 is 10.1 Å². The van der Waals surface area contributed by atoms with Gasteiger partial charge in [0.2, 0.25) is 0 Å². The fraction of sp³-hybridized carbons (Fsp3) is 0.240. The molecular formula is C25H22N6O5S2. The molecule has 2 aromatic heterocycles. The molecule has 0 aliphatic carbocycles. The van der Waals surface area contributed by atoms with Gasteiger partial charge in [0.05, 0.1) is 20.5 Å². The highest BCUT2D eigenvalue weighted by atomic mass is 32.2. The van der Waals surface area contributed by atoms with Crippen LogP contribution in [0.15, 0.2) is 64.2 Å². The molecule has 1 N–H and O–H groups in total. The number of benzene rings is 1. The molecule has 1 amide bonds. The number of nitro groups is 1. The van der Waals surface area contributed by atoms with Gasteiger partial charge in [-0.15, -0.1) is 17.9 Å². The number of hydrogen-bond acceptors (Lipinski definition) is 10. The van der Waals surface area contributed by atoms with E-state index >= 15 is 0 Å². The highest BCUT2D eigenvalue weighted by molar-refractivity contribution is 7.99. The van der Waals surface area contributed by atoms with Gasteiger partial charge in [-0.25, -0.2) is 9.97 Å². The SMILES string of the molecule is C=CCn1c(=C(C#N)C(=O)NCC2CCCO2)sc(=Cc2ccc(Sc3ncccn3)c([N+](=O)[O-])c2)c1=O. The fourth-order valence-corrected chi connectivity index (χ4v) is 5.64. The van der Waals surface area contributed by atoms with Crippen LogP contribution in [0, 0.1) is 21.4 Å². The molecule has 13 heteroatoms. The number of aromatic nitrogens is 3. The van der Waals surface area contributed by atoms with Crippen molar-refractivity contribution in [1.29, 1.82) is 5.26 Å². The summed E-state index contributed by atoms with van der Waals surface area (Å²) in [7, 11) is 0. The minimum Gasteiger partial charge on any atom is -0.376 e. The van der Waals surface area contributed by atoms with E-state index in [0.717, 1.165) is 35.9 Å². The molecule has 0 bridgehead atoms. The van der Waals surface area contributed by atoms with Gasteiger partial charge in [-0.05, 0) is 48.4 Å². The molecule has 194 valence electrons. The van der Waals surface area contributed by atoms with Crippen LogP contribution in [0.3, 0.4) is 0 Å². The Labute approximate surface area is 225 Å². The Bertz CT molecular complexity index is 1590. The Balaban J connectivity index is 1.74. The molecule has 4 rings (SSSR count). The Hall–Kier alpha value is -4.12. The maximum absolute atomic E-state index is 13.2. The second-order valence-corrected chi connectivity index (χ2v) is 10.1. The zero-order valence-corrected chi connectivity index (χ0v) is 21.7. The summed E-state index contributed by atoms with van der Waals surface area (Å²) in [5, 5.41) is 24.6. The largest absolute Gasteiger partial charge is 0.376 e. The van der Waals surface area contributed by atoms with E-state index in [4.69, 9.17) is 4.74 Å². The number of rotatable bonds is 9. The minimum absolute atomic E-state index is 0.0789. The third-order valence-corrected chi connectivity index (χ3v) is 7.60. The van der Waals surface area contributed by atoms with Crippen molar-refractivity contribution < 1.29 is 14.5 Å². The van der Waals surface area contributed by atoms with E-state index < -0.39 is 16.4 Å². The van der Waals surface area contributed by atoms with Crippen LogP contribution in [0.4, 0.5) is 5.69 Å². The van der Waals surface area contributed by atoms with Gasteiger partial charge >= 0.3 is 0 Å². The highest BCUT2D eigenvalue weighted by Crippen LogP contribution is 2.33. The van der Waals surface area contributed by atoms with Gasteiger partial charge in [-0.2, -0.15) is 5.26 Å². The zero-order chi connectivity index (χ0) is 27.1. The molecule has 38 heavy (non-hydrogen) atoms. The number of ether oxygens (including phenoxy) is 1. The lowest BCUT2D eigenvalue weighted by molar-refractivity contribution is -0.387. The third kappa shape index (κ3) is 6.23. The molecule has 3 heterocycles. The predicted molar refractivity (Wildman–Crippen MR) is 142 cm³/mol. The first-order valence-electron chi connectivity index (χ1n) is 11.5. The molecule has 1 saturated heterocycles. The van der Waals surface area contributed by atoms with Crippen molar-refractivity contribution in [2.45, 2.75) is 35.5 Å². The number of carbonyl (C=O) groups excluding carboxylic acids is 1. The van der Waals surface area contributed by atoms with Crippen LogP contribution in [-0.4, -0.2) is 44.6 Å². The third-order valence-electron chi connectivity index (χ3n) is 5.51. The lowest BCUT2D eigenvalue weighted by atomic mass is 10.2. The van der Waals surface area contributed by atoms with E-state index in [9.17, 15) is 25.0 Å². The van der Waals surface area contributed by atoms with Crippen LogP contribution in [0.1, 0.15) is 18.4 Å². The van der Waals surface area contributed by atoms with Crippen molar-refractivity contribution in [1.82, 2.24) is 19.9 Å². The number of thiazole rings is 1. The molecule has 1 fully saturated rings. The number of allylic oxidation sites excluding steroid dienone is 1. The molecule has 0 radical (unpaired) electrons. The van der Waals surface area contributed by atoms with Crippen molar-refractivity contribution >= 4 is 46.3 Å². The summed E-state index contributed by atoms with van der Waals surface area (Å²) in [6.45, 7) is 4.64. The van der Waals surface area contributed by atoms with Gasteiger partial charge in [0.1, 0.15) is 10.7 Å². The smallest absolute Gasteiger partial charge is 0.283 e. The Morgan fingerprint density at radius 2 is 2.21 bits per heavy atom. The van der Waals surface area contributed by atoms with Crippen molar-refractivity contribution in [2.75, 3.05) is 13.2 Å². The summed E-state index contributed by atoms with van der Waals surface area (Å²) in [4.78, 5) is 45.8. The van der Waals surface area contributed by atoms with Crippen LogP contribution in [0.5, 0.6) is 0 Å². The Morgan fingerprint density at radius 3 is 2.87 bits per heavy atom. The van der Waals surface area contributed by atoms with Crippen LogP contribution < -0.4 is 20.1 Å². The van der Waals surface area contributed by atoms with Crippen molar-refractivity contribution in [3.8, 4) is 6.07 Å². The first-order chi connectivity index (χ1) is 18.4. The summed E-state index contributed by atoms with van der Waals surface area (Å²) in [5.74, 6) is -0.603. The molecule has 0 spiro atoms. The number of nitriles is 1. The minimum atomic E-state index is -0.603. The van der Waals surface area contributed by atoms with Crippen molar-refractivity contribution in [3.63, 3.8) is 0 Å². The number of amides is 1. The number of nitrogens with zero attached hydrogens (tertiary/aromatic N) is 5. The van der Waals surface area contributed by atoms with E-state index in [0.29, 0.717) is 22.2 Å². The van der Waals surface area contributed by atoms with Gasteiger partial charge in [0.15, 0.2) is 10.7 Å². The van der Waals surface area contributed by atoms with E-state index in [1.165, 1.54) is 22.8 Å². The Kier molecular flexibility index (Phi) is 8.80. The molecule has 1 aliphatic heterocycles. The van der Waals surface area contributed by atoms with E-state index in [2.05, 4.69) is 21.9 Å². The van der Waals surface area contributed by atoms with Gasteiger partial charge in [0, 0.05) is 38.2 Å². The van der Waals surface area contributed by atoms with Gasteiger partial charge in [-0.3, -0.25) is 24.3 Å².